The number of piperazine rings is 1. The normalized spacial score (nSPS) is 16.9. The second kappa shape index (κ2) is 7.85. The van der Waals surface area contributed by atoms with Crippen LogP contribution in [0.2, 0.25) is 0 Å². The van der Waals surface area contributed by atoms with Crippen molar-refractivity contribution >= 4 is 17.7 Å². The molecule has 7 nitrogen and oxygen atoms in total. The molecule has 28 heavy (non-hydrogen) atoms. The Balaban J connectivity index is 1.44. The van der Waals surface area contributed by atoms with Gasteiger partial charge in [-0.15, -0.1) is 0 Å². The lowest BCUT2D eigenvalue weighted by molar-refractivity contribution is 0.0746. The second-order valence-corrected chi connectivity index (χ2v) is 7.33. The van der Waals surface area contributed by atoms with E-state index in [9.17, 15) is 4.79 Å². The fourth-order valence-corrected chi connectivity index (χ4v) is 3.80. The number of nitriles is 1. The average Bonchev–Trinajstić information content (AvgIpc) is 3.28. The first kappa shape index (κ1) is 18.2. The summed E-state index contributed by atoms with van der Waals surface area (Å²) in [5.74, 6) is 1.74. The highest BCUT2D eigenvalue weighted by Gasteiger charge is 2.24. The lowest BCUT2D eigenvalue weighted by atomic mass is 10.1. The Hall–Kier alpha value is -3.14. The van der Waals surface area contributed by atoms with E-state index in [-0.39, 0.29) is 5.91 Å². The molecule has 2 saturated heterocycles. The molecule has 0 unspecified atom stereocenters. The Morgan fingerprint density at radius 3 is 2.46 bits per heavy atom. The van der Waals surface area contributed by atoms with Crippen LogP contribution in [0.3, 0.4) is 0 Å². The van der Waals surface area contributed by atoms with Crippen LogP contribution in [-0.2, 0) is 0 Å². The number of carbonyl (C=O) groups excluding carboxylic acids is 1. The third kappa shape index (κ3) is 3.77. The van der Waals surface area contributed by atoms with Gasteiger partial charge in [0.15, 0.2) is 0 Å². The monoisotopic (exact) mass is 376 g/mol. The van der Waals surface area contributed by atoms with E-state index in [1.165, 1.54) is 12.8 Å². The third-order valence-corrected chi connectivity index (χ3v) is 5.35. The molecule has 3 heterocycles. The second-order valence-electron chi connectivity index (χ2n) is 7.33. The molecule has 0 radical (unpaired) electrons. The molecule has 7 heteroatoms. The van der Waals surface area contributed by atoms with Crippen molar-refractivity contribution in [1.29, 1.82) is 5.26 Å². The quantitative estimate of drug-likeness (QED) is 0.818. The molecule has 0 atom stereocenters. The summed E-state index contributed by atoms with van der Waals surface area (Å²) in [6.45, 7) is 6.79. The molecule has 0 bridgehead atoms. The number of rotatable bonds is 3. The number of hydrogen-bond acceptors (Lipinski definition) is 6. The lowest BCUT2D eigenvalue weighted by Crippen LogP contribution is -2.49. The maximum absolute atomic E-state index is 12.8. The lowest BCUT2D eigenvalue weighted by Gasteiger charge is -2.35. The van der Waals surface area contributed by atoms with Crippen molar-refractivity contribution in [3.05, 3.63) is 47.2 Å². The standard InChI is InChI=1S/C21H24N6O/c1-16-13-19(24-21(23-16)27-7-2-3-8-27)25-9-11-26(12-10-25)20(28)18-6-4-5-17(14-18)15-22/h4-6,13-14H,2-3,7-12H2,1H3. The van der Waals surface area contributed by atoms with Gasteiger partial charge in [-0.25, -0.2) is 4.98 Å². The fourth-order valence-electron chi connectivity index (χ4n) is 3.80. The zero-order valence-corrected chi connectivity index (χ0v) is 16.1. The molecule has 0 saturated carbocycles. The Morgan fingerprint density at radius 1 is 1.00 bits per heavy atom. The maximum atomic E-state index is 12.8. The number of amides is 1. The number of carbonyl (C=O) groups is 1. The van der Waals surface area contributed by atoms with Crippen LogP contribution in [0, 0.1) is 18.3 Å². The molecule has 144 valence electrons. The molecule has 0 N–H and O–H groups in total. The first-order valence-corrected chi connectivity index (χ1v) is 9.79. The third-order valence-electron chi connectivity index (χ3n) is 5.35. The van der Waals surface area contributed by atoms with Gasteiger partial charge in [-0.3, -0.25) is 4.79 Å². The molecule has 0 aliphatic carbocycles. The molecule has 1 aromatic carbocycles. The van der Waals surface area contributed by atoms with E-state index in [1.807, 2.05) is 17.9 Å². The maximum Gasteiger partial charge on any atom is 0.254 e. The van der Waals surface area contributed by atoms with Gasteiger partial charge in [0.25, 0.3) is 5.91 Å². The van der Waals surface area contributed by atoms with Gasteiger partial charge in [-0.2, -0.15) is 10.2 Å². The smallest absolute Gasteiger partial charge is 0.254 e. The van der Waals surface area contributed by atoms with Gasteiger partial charge in [0.2, 0.25) is 5.95 Å². The van der Waals surface area contributed by atoms with Gasteiger partial charge in [-0.05, 0) is 38.0 Å². The van der Waals surface area contributed by atoms with E-state index >= 15 is 0 Å². The van der Waals surface area contributed by atoms with Gasteiger partial charge in [0, 0.05) is 56.6 Å². The predicted molar refractivity (Wildman–Crippen MR) is 107 cm³/mol. The molecule has 4 rings (SSSR count). The van der Waals surface area contributed by atoms with Crippen LogP contribution < -0.4 is 9.80 Å². The SMILES string of the molecule is Cc1cc(N2CCN(C(=O)c3cccc(C#N)c3)CC2)nc(N2CCCC2)n1. The highest BCUT2D eigenvalue weighted by atomic mass is 16.2. The van der Waals surface area contributed by atoms with Crippen molar-refractivity contribution in [1.82, 2.24) is 14.9 Å². The number of benzene rings is 1. The van der Waals surface area contributed by atoms with Crippen LogP contribution in [-0.4, -0.2) is 60.0 Å². The van der Waals surface area contributed by atoms with Crippen molar-refractivity contribution in [3.63, 3.8) is 0 Å². The van der Waals surface area contributed by atoms with Crippen molar-refractivity contribution in [2.75, 3.05) is 49.1 Å². The highest BCUT2D eigenvalue weighted by molar-refractivity contribution is 5.94. The highest BCUT2D eigenvalue weighted by Crippen LogP contribution is 2.22. The van der Waals surface area contributed by atoms with Crippen molar-refractivity contribution < 1.29 is 4.79 Å². The van der Waals surface area contributed by atoms with Gasteiger partial charge in [0.1, 0.15) is 5.82 Å². The van der Waals surface area contributed by atoms with E-state index in [2.05, 4.69) is 20.9 Å². The van der Waals surface area contributed by atoms with E-state index < -0.39 is 0 Å². The summed E-state index contributed by atoms with van der Waals surface area (Å²) in [4.78, 5) is 28.5. The molecular formula is C21H24N6O. The summed E-state index contributed by atoms with van der Waals surface area (Å²) in [7, 11) is 0. The van der Waals surface area contributed by atoms with Gasteiger partial charge >= 0.3 is 0 Å². The molecule has 2 fully saturated rings. The summed E-state index contributed by atoms with van der Waals surface area (Å²) in [6, 6.07) is 11.0. The van der Waals surface area contributed by atoms with E-state index in [1.54, 1.807) is 24.3 Å². The molecule has 2 aliphatic rings. The molecule has 2 aliphatic heterocycles. The van der Waals surface area contributed by atoms with Crippen LogP contribution in [0.25, 0.3) is 0 Å². The summed E-state index contributed by atoms with van der Waals surface area (Å²) in [5, 5.41) is 9.04. The van der Waals surface area contributed by atoms with Crippen LogP contribution in [0.4, 0.5) is 11.8 Å². The first-order valence-electron chi connectivity index (χ1n) is 9.79. The van der Waals surface area contributed by atoms with Gasteiger partial charge in [0.05, 0.1) is 11.6 Å². The minimum atomic E-state index is -0.0200. The van der Waals surface area contributed by atoms with Crippen molar-refractivity contribution in [3.8, 4) is 6.07 Å². The van der Waals surface area contributed by atoms with Crippen molar-refractivity contribution in [2.45, 2.75) is 19.8 Å². The fraction of sp³-hybridized carbons (Fsp3) is 0.429. The number of nitrogens with zero attached hydrogens (tertiary/aromatic N) is 6. The Kier molecular flexibility index (Phi) is 5.11. The number of anilines is 2. The minimum Gasteiger partial charge on any atom is -0.353 e. The molecule has 2 aromatic rings. The van der Waals surface area contributed by atoms with E-state index in [4.69, 9.17) is 10.2 Å². The summed E-state index contributed by atoms with van der Waals surface area (Å²) < 4.78 is 0. The zero-order chi connectivity index (χ0) is 19.5. The van der Waals surface area contributed by atoms with Crippen molar-refractivity contribution in [2.24, 2.45) is 0 Å². The first-order chi connectivity index (χ1) is 13.6. The van der Waals surface area contributed by atoms with Crippen LogP contribution in [0.15, 0.2) is 30.3 Å². The number of hydrogen-bond donors (Lipinski definition) is 0. The van der Waals surface area contributed by atoms with Crippen LogP contribution in [0.5, 0.6) is 0 Å². The van der Waals surface area contributed by atoms with E-state index in [0.29, 0.717) is 24.2 Å². The van der Waals surface area contributed by atoms with E-state index in [0.717, 1.165) is 43.6 Å². The number of aryl methyl sites for hydroxylation is 1. The molecular weight excluding hydrogens is 352 g/mol. The number of aromatic nitrogens is 2. The minimum absolute atomic E-state index is 0.0200. The topological polar surface area (TPSA) is 76.4 Å². The predicted octanol–water partition coefficient (Wildman–Crippen LogP) is 2.22. The summed E-state index contributed by atoms with van der Waals surface area (Å²) in [6.07, 6.45) is 2.39. The largest absolute Gasteiger partial charge is 0.353 e. The average molecular weight is 376 g/mol. The van der Waals surface area contributed by atoms with Crippen LogP contribution >= 0.6 is 0 Å². The summed E-state index contributed by atoms with van der Waals surface area (Å²) >= 11 is 0. The van der Waals surface area contributed by atoms with Gasteiger partial charge < -0.3 is 14.7 Å². The summed E-state index contributed by atoms with van der Waals surface area (Å²) in [5.41, 5.74) is 2.05. The Bertz CT molecular complexity index is 907. The van der Waals surface area contributed by atoms with Gasteiger partial charge in [-0.1, -0.05) is 6.07 Å². The van der Waals surface area contributed by atoms with Crippen LogP contribution in [0.1, 0.15) is 34.5 Å². The zero-order valence-electron chi connectivity index (χ0n) is 16.1. The molecule has 1 aromatic heterocycles. The molecule has 1 amide bonds. The Morgan fingerprint density at radius 2 is 1.75 bits per heavy atom. The Labute approximate surface area is 165 Å². The molecule has 0 spiro atoms.